The minimum Gasteiger partial charge on any atom is -0.467 e. The first-order valence-electron chi connectivity index (χ1n) is 8.32. The Hall–Kier alpha value is -2.12. The first kappa shape index (κ1) is 18.7. The predicted molar refractivity (Wildman–Crippen MR) is 106 cm³/mol. The van der Waals surface area contributed by atoms with Gasteiger partial charge in [0.2, 0.25) is 5.13 Å². The fraction of sp³-hybridized carbons (Fsp3) is 0.316. The lowest BCUT2D eigenvalue weighted by Gasteiger charge is -2.12. The third kappa shape index (κ3) is 4.34. The van der Waals surface area contributed by atoms with E-state index >= 15 is 0 Å². The van der Waals surface area contributed by atoms with Crippen molar-refractivity contribution in [2.24, 2.45) is 0 Å². The lowest BCUT2D eigenvalue weighted by molar-refractivity contribution is 0.0993. The van der Waals surface area contributed by atoms with Crippen molar-refractivity contribution in [3.05, 3.63) is 58.5 Å². The van der Waals surface area contributed by atoms with Crippen LogP contribution >= 0.6 is 23.1 Å². The number of hydrogen-bond donors (Lipinski definition) is 1. The zero-order chi connectivity index (χ0) is 18.7. The molecule has 0 aliphatic heterocycles. The quantitative estimate of drug-likeness (QED) is 0.453. The smallest absolute Gasteiger partial charge is 0.206 e. The SMILES string of the molecule is Cc1cc(C)c(C(=O)C(C)Sc2nnc(NCc3ccco3)s2)cc1C. The van der Waals surface area contributed by atoms with Crippen LogP contribution in [0.2, 0.25) is 0 Å². The Labute approximate surface area is 161 Å². The van der Waals surface area contributed by atoms with Gasteiger partial charge >= 0.3 is 0 Å². The number of Topliss-reactive ketones (excluding diaryl/α,β-unsaturated/α-hetero) is 1. The molecule has 1 atom stereocenters. The number of carbonyl (C=O) groups excluding carboxylic acids is 1. The standard InChI is InChI=1S/C19H21N3O2S2/c1-11-8-13(3)16(9-12(11)2)17(23)14(4)25-19-22-21-18(26-19)20-10-15-6-5-7-24-15/h5-9,14H,10H2,1-4H3,(H,20,21). The van der Waals surface area contributed by atoms with Crippen molar-refractivity contribution in [1.29, 1.82) is 0 Å². The number of benzene rings is 1. The first-order chi connectivity index (χ1) is 12.4. The molecule has 2 aromatic heterocycles. The summed E-state index contributed by atoms with van der Waals surface area (Å²) in [5.41, 5.74) is 4.14. The number of thioether (sulfide) groups is 1. The van der Waals surface area contributed by atoms with Crippen molar-refractivity contribution in [3.63, 3.8) is 0 Å². The van der Waals surface area contributed by atoms with Crippen LogP contribution in [0.5, 0.6) is 0 Å². The largest absolute Gasteiger partial charge is 0.467 e. The van der Waals surface area contributed by atoms with Crippen molar-refractivity contribution in [2.75, 3.05) is 5.32 Å². The molecule has 0 aliphatic rings. The number of anilines is 1. The third-order valence-corrected chi connectivity index (χ3v) is 6.22. The topological polar surface area (TPSA) is 68.0 Å². The minimum absolute atomic E-state index is 0.121. The fourth-order valence-electron chi connectivity index (χ4n) is 2.55. The Morgan fingerprint density at radius 3 is 2.73 bits per heavy atom. The molecular formula is C19H21N3O2S2. The van der Waals surface area contributed by atoms with Crippen LogP contribution in [0.3, 0.4) is 0 Å². The summed E-state index contributed by atoms with van der Waals surface area (Å²) in [6.07, 6.45) is 1.64. The fourth-order valence-corrected chi connectivity index (χ4v) is 4.51. The molecule has 0 saturated carbocycles. The van der Waals surface area contributed by atoms with E-state index in [1.54, 1.807) is 6.26 Å². The highest BCUT2D eigenvalue weighted by molar-refractivity contribution is 8.02. The first-order valence-corrected chi connectivity index (χ1v) is 10.0. The highest BCUT2D eigenvalue weighted by atomic mass is 32.2. The molecule has 1 aromatic carbocycles. The van der Waals surface area contributed by atoms with Gasteiger partial charge in [0.05, 0.1) is 18.1 Å². The monoisotopic (exact) mass is 387 g/mol. The molecule has 0 aliphatic carbocycles. The van der Waals surface area contributed by atoms with Crippen molar-refractivity contribution in [1.82, 2.24) is 10.2 Å². The Morgan fingerprint density at radius 2 is 2.00 bits per heavy atom. The van der Waals surface area contributed by atoms with Gasteiger partial charge in [-0.05, 0) is 62.6 Å². The molecule has 5 nitrogen and oxygen atoms in total. The highest BCUT2D eigenvalue weighted by Crippen LogP contribution is 2.31. The van der Waals surface area contributed by atoms with Crippen LogP contribution in [0.15, 0.2) is 39.3 Å². The molecule has 1 N–H and O–H groups in total. The number of aromatic nitrogens is 2. The molecule has 3 aromatic rings. The lowest BCUT2D eigenvalue weighted by atomic mass is 9.97. The molecule has 7 heteroatoms. The predicted octanol–water partition coefficient (Wildman–Crippen LogP) is 5.03. The van der Waals surface area contributed by atoms with Crippen molar-refractivity contribution < 1.29 is 9.21 Å². The van der Waals surface area contributed by atoms with E-state index in [9.17, 15) is 4.79 Å². The molecule has 0 saturated heterocycles. The van der Waals surface area contributed by atoms with Crippen LogP contribution in [-0.2, 0) is 6.54 Å². The number of nitrogens with zero attached hydrogens (tertiary/aromatic N) is 2. The van der Waals surface area contributed by atoms with Crippen molar-refractivity contribution in [3.8, 4) is 0 Å². The summed E-state index contributed by atoms with van der Waals surface area (Å²) in [6, 6.07) is 7.80. The molecular weight excluding hydrogens is 366 g/mol. The Balaban J connectivity index is 1.63. The second-order valence-corrected chi connectivity index (χ2v) is 8.75. The van der Waals surface area contributed by atoms with Crippen LogP contribution in [0.25, 0.3) is 0 Å². The summed E-state index contributed by atoms with van der Waals surface area (Å²) in [5.74, 6) is 0.957. The number of hydrogen-bond acceptors (Lipinski definition) is 7. The van der Waals surface area contributed by atoms with Gasteiger partial charge < -0.3 is 9.73 Å². The molecule has 0 amide bonds. The average molecular weight is 388 g/mol. The summed E-state index contributed by atoms with van der Waals surface area (Å²) < 4.78 is 6.05. The summed E-state index contributed by atoms with van der Waals surface area (Å²) >= 11 is 2.88. The zero-order valence-corrected chi connectivity index (χ0v) is 16.8. The summed E-state index contributed by atoms with van der Waals surface area (Å²) in [7, 11) is 0. The maximum absolute atomic E-state index is 12.8. The Kier molecular flexibility index (Phi) is 5.78. The Morgan fingerprint density at radius 1 is 1.23 bits per heavy atom. The van der Waals surface area contributed by atoms with Gasteiger partial charge in [-0.2, -0.15) is 0 Å². The van der Waals surface area contributed by atoms with E-state index in [2.05, 4.69) is 28.5 Å². The van der Waals surface area contributed by atoms with Crippen LogP contribution in [0.1, 0.15) is 39.7 Å². The number of nitrogens with one attached hydrogen (secondary N) is 1. The molecule has 26 heavy (non-hydrogen) atoms. The van der Waals surface area contributed by atoms with E-state index in [-0.39, 0.29) is 11.0 Å². The van der Waals surface area contributed by atoms with Gasteiger partial charge in [-0.3, -0.25) is 4.79 Å². The molecule has 0 spiro atoms. The van der Waals surface area contributed by atoms with Gasteiger partial charge in [0.25, 0.3) is 0 Å². The van der Waals surface area contributed by atoms with Crippen LogP contribution in [0, 0.1) is 20.8 Å². The van der Waals surface area contributed by atoms with E-state index in [0.29, 0.717) is 11.7 Å². The number of furan rings is 1. The Bertz CT molecular complexity index is 904. The number of rotatable bonds is 7. The molecule has 136 valence electrons. The van der Waals surface area contributed by atoms with Gasteiger partial charge in [0.15, 0.2) is 10.1 Å². The van der Waals surface area contributed by atoms with Gasteiger partial charge in [-0.1, -0.05) is 29.2 Å². The normalized spacial score (nSPS) is 12.2. The third-order valence-electron chi connectivity index (χ3n) is 4.15. The van der Waals surface area contributed by atoms with Crippen LogP contribution < -0.4 is 5.32 Å². The molecule has 0 radical (unpaired) electrons. The van der Waals surface area contributed by atoms with Crippen molar-refractivity contribution >= 4 is 34.0 Å². The van der Waals surface area contributed by atoms with Gasteiger partial charge in [-0.25, -0.2) is 0 Å². The van der Waals surface area contributed by atoms with Gasteiger partial charge in [-0.15, -0.1) is 10.2 Å². The molecule has 0 fully saturated rings. The number of ketones is 1. The maximum atomic E-state index is 12.8. The van der Waals surface area contributed by atoms with Gasteiger partial charge in [0, 0.05) is 5.56 Å². The average Bonchev–Trinajstić information content (AvgIpc) is 3.27. The molecule has 0 bridgehead atoms. The van der Waals surface area contributed by atoms with E-state index < -0.39 is 0 Å². The zero-order valence-electron chi connectivity index (χ0n) is 15.2. The van der Waals surface area contributed by atoms with E-state index in [1.807, 2.05) is 39.0 Å². The minimum atomic E-state index is -0.221. The molecule has 3 rings (SSSR count). The molecule has 2 heterocycles. The highest BCUT2D eigenvalue weighted by Gasteiger charge is 2.21. The number of aryl methyl sites for hydroxylation is 3. The summed E-state index contributed by atoms with van der Waals surface area (Å²) in [4.78, 5) is 12.8. The lowest BCUT2D eigenvalue weighted by Crippen LogP contribution is -2.15. The summed E-state index contributed by atoms with van der Waals surface area (Å²) in [6.45, 7) is 8.55. The number of carbonyl (C=O) groups is 1. The van der Waals surface area contributed by atoms with Crippen LogP contribution in [-0.4, -0.2) is 21.2 Å². The molecule has 1 unspecified atom stereocenters. The van der Waals surface area contributed by atoms with E-state index in [4.69, 9.17) is 4.42 Å². The van der Waals surface area contributed by atoms with E-state index in [1.165, 1.54) is 28.7 Å². The maximum Gasteiger partial charge on any atom is 0.206 e. The second-order valence-electron chi connectivity index (χ2n) is 6.18. The summed E-state index contributed by atoms with van der Waals surface area (Å²) in [5, 5.41) is 12.0. The van der Waals surface area contributed by atoms with E-state index in [0.717, 1.165) is 26.8 Å². The van der Waals surface area contributed by atoms with Crippen LogP contribution in [0.4, 0.5) is 5.13 Å². The second kappa shape index (κ2) is 8.05. The van der Waals surface area contributed by atoms with Gasteiger partial charge in [0.1, 0.15) is 5.76 Å². The van der Waals surface area contributed by atoms with Crippen molar-refractivity contribution in [2.45, 2.75) is 43.8 Å².